The molecule has 0 heterocycles. The van der Waals surface area contributed by atoms with Crippen LogP contribution in [-0.4, -0.2) is 19.1 Å². The Morgan fingerprint density at radius 1 is 1.10 bits per heavy atom. The van der Waals surface area contributed by atoms with Gasteiger partial charge in [0.2, 0.25) is 0 Å². The maximum atomic E-state index is 11.0. The molecule has 0 spiro atoms. The van der Waals surface area contributed by atoms with E-state index < -0.39 is 0 Å². The predicted octanol–water partition coefficient (Wildman–Crippen LogP) is 3.59. The van der Waals surface area contributed by atoms with Crippen LogP contribution in [-0.2, 0) is 0 Å². The first kappa shape index (κ1) is 13.9. The highest BCUT2D eigenvalue weighted by molar-refractivity contribution is 5.75. The van der Waals surface area contributed by atoms with Gasteiger partial charge in [0.05, 0.1) is 19.1 Å². The summed E-state index contributed by atoms with van der Waals surface area (Å²) in [6.07, 6.45) is 0. The number of para-hydroxylation sites is 1. The maximum absolute atomic E-state index is 11.0. The number of hydrogen-bond donors (Lipinski definition) is 0. The van der Waals surface area contributed by atoms with Gasteiger partial charge < -0.3 is 9.47 Å². The number of ether oxygens (including phenoxy) is 2. The number of nitrogens with zero attached hydrogens (tertiary/aromatic N) is 1. The van der Waals surface area contributed by atoms with Gasteiger partial charge in [-0.2, -0.15) is 0 Å². The second-order valence-corrected chi connectivity index (χ2v) is 4.30. The fraction of sp³-hybridized carbons (Fsp3) is 0.200. The summed E-state index contributed by atoms with van der Waals surface area (Å²) in [5, 5.41) is 11.0. The highest BCUT2D eigenvalue weighted by atomic mass is 16.6. The minimum absolute atomic E-state index is 0.0902. The zero-order valence-electron chi connectivity index (χ0n) is 11.5. The average molecular weight is 273 g/mol. The van der Waals surface area contributed by atoms with Crippen molar-refractivity contribution in [3.63, 3.8) is 0 Å². The zero-order chi connectivity index (χ0) is 14.7. The molecule has 0 aliphatic heterocycles. The van der Waals surface area contributed by atoms with Crippen molar-refractivity contribution in [2.45, 2.75) is 6.92 Å². The molecule has 0 aliphatic rings. The maximum Gasteiger partial charge on any atom is 0.272 e. The van der Waals surface area contributed by atoms with Gasteiger partial charge in [-0.1, -0.05) is 24.3 Å². The molecule has 0 N–H and O–H groups in total. The molecule has 0 aromatic heterocycles. The fourth-order valence-corrected chi connectivity index (χ4v) is 2.09. The molecule has 0 unspecified atom stereocenters. The minimum Gasteiger partial charge on any atom is -0.493 e. The van der Waals surface area contributed by atoms with E-state index in [4.69, 9.17) is 9.47 Å². The van der Waals surface area contributed by atoms with Gasteiger partial charge in [-0.3, -0.25) is 10.1 Å². The van der Waals surface area contributed by atoms with Gasteiger partial charge in [0, 0.05) is 17.2 Å². The molecular formula is C15H15NO4. The molecule has 0 saturated heterocycles. The van der Waals surface area contributed by atoms with Gasteiger partial charge in [-0.15, -0.1) is 0 Å². The van der Waals surface area contributed by atoms with Gasteiger partial charge in [0.15, 0.2) is 11.5 Å². The van der Waals surface area contributed by atoms with E-state index in [1.54, 1.807) is 39.3 Å². The van der Waals surface area contributed by atoms with Crippen LogP contribution in [0, 0.1) is 17.0 Å². The molecule has 0 bridgehead atoms. The second-order valence-electron chi connectivity index (χ2n) is 4.30. The lowest BCUT2D eigenvalue weighted by atomic mass is 10.0. The van der Waals surface area contributed by atoms with Gasteiger partial charge in [0.25, 0.3) is 5.69 Å². The van der Waals surface area contributed by atoms with E-state index in [2.05, 4.69) is 0 Å². The summed E-state index contributed by atoms with van der Waals surface area (Å²) < 4.78 is 10.6. The number of nitro benzene ring substituents is 1. The molecule has 0 aliphatic carbocycles. The SMILES string of the molecule is COc1cccc(-c2ccc(C)c([N+](=O)[O-])c2)c1OC. The Morgan fingerprint density at radius 3 is 2.45 bits per heavy atom. The molecule has 0 atom stereocenters. The number of nitro groups is 1. The number of aryl methyl sites for hydroxylation is 1. The largest absolute Gasteiger partial charge is 0.493 e. The van der Waals surface area contributed by atoms with Crippen molar-refractivity contribution in [2.75, 3.05) is 14.2 Å². The summed E-state index contributed by atoms with van der Waals surface area (Å²) >= 11 is 0. The molecular weight excluding hydrogens is 258 g/mol. The fourth-order valence-electron chi connectivity index (χ4n) is 2.09. The summed E-state index contributed by atoms with van der Waals surface area (Å²) in [5.41, 5.74) is 2.20. The summed E-state index contributed by atoms with van der Waals surface area (Å²) in [6.45, 7) is 1.71. The van der Waals surface area contributed by atoms with Crippen molar-refractivity contribution in [1.82, 2.24) is 0 Å². The number of benzene rings is 2. The Bertz CT molecular complexity index is 652. The third-order valence-electron chi connectivity index (χ3n) is 3.12. The second kappa shape index (κ2) is 5.61. The summed E-state index contributed by atoms with van der Waals surface area (Å²) in [6, 6.07) is 10.6. The Morgan fingerprint density at radius 2 is 1.85 bits per heavy atom. The first-order chi connectivity index (χ1) is 9.58. The van der Waals surface area contributed by atoms with E-state index in [-0.39, 0.29) is 10.6 Å². The number of methoxy groups -OCH3 is 2. The molecule has 2 aromatic carbocycles. The number of hydrogen-bond acceptors (Lipinski definition) is 4. The van der Waals surface area contributed by atoms with Crippen LogP contribution < -0.4 is 9.47 Å². The third-order valence-corrected chi connectivity index (χ3v) is 3.12. The molecule has 0 radical (unpaired) electrons. The van der Waals surface area contributed by atoms with E-state index in [0.717, 1.165) is 11.1 Å². The highest BCUT2D eigenvalue weighted by Gasteiger charge is 2.16. The zero-order valence-corrected chi connectivity index (χ0v) is 11.5. The molecule has 20 heavy (non-hydrogen) atoms. The van der Waals surface area contributed by atoms with Crippen LogP contribution in [0.4, 0.5) is 5.69 Å². The van der Waals surface area contributed by atoms with Crippen LogP contribution >= 0.6 is 0 Å². The molecule has 104 valence electrons. The quantitative estimate of drug-likeness (QED) is 0.631. The van der Waals surface area contributed by atoms with Crippen LogP contribution in [0.25, 0.3) is 11.1 Å². The summed E-state index contributed by atoms with van der Waals surface area (Å²) in [7, 11) is 3.10. The van der Waals surface area contributed by atoms with Gasteiger partial charge in [-0.05, 0) is 18.6 Å². The topological polar surface area (TPSA) is 61.6 Å². The van der Waals surface area contributed by atoms with E-state index in [9.17, 15) is 10.1 Å². The first-order valence-corrected chi connectivity index (χ1v) is 6.05. The molecule has 0 fully saturated rings. The Hall–Kier alpha value is -2.56. The van der Waals surface area contributed by atoms with Crippen molar-refractivity contribution >= 4 is 5.69 Å². The van der Waals surface area contributed by atoms with Crippen molar-refractivity contribution in [2.24, 2.45) is 0 Å². The van der Waals surface area contributed by atoms with E-state index in [1.807, 2.05) is 18.2 Å². The number of rotatable bonds is 4. The van der Waals surface area contributed by atoms with Crippen LogP contribution in [0.15, 0.2) is 36.4 Å². The Labute approximate surface area is 116 Å². The van der Waals surface area contributed by atoms with Crippen molar-refractivity contribution in [1.29, 1.82) is 0 Å². The van der Waals surface area contributed by atoms with E-state index in [1.165, 1.54) is 0 Å². The molecule has 5 nitrogen and oxygen atoms in total. The average Bonchev–Trinajstić information content (AvgIpc) is 2.46. The van der Waals surface area contributed by atoms with Crippen molar-refractivity contribution in [3.8, 4) is 22.6 Å². The predicted molar refractivity (Wildman–Crippen MR) is 76.4 cm³/mol. The van der Waals surface area contributed by atoms with Gasteiger partial charge >= 0.3 is 0 Å². The molecule has 0 saturated carbocycles. The van der Waals surface area contributed by atoms with Crippen LogP contribution in [0.5, 0.6) is 11.5 Å². The molecule has 2 aromatic rings. The minimum atomic E-state index is -0.383. The highest BCUT2D eigenvalue weighted by Crippen LogP contribution is 2.39. The smallest absolute Gasteiger partial charge is 0.272 e. The van der Waals surface area contributed by atoms with Crippen LogP contribution in [0.3, 0.4) is 0 Å². The molecule has 5 heteroatoms. The standard InChI is InChI=1S/C15H15NO4/c1-10-7-8-11(9-13(10)16(17)18)12-5-4-6-14(19-2)15(12)20-3/h4-9H,1-3H3. The lowest BCUT2D eigenvalue weighted by Crippen LogP contribution is -1.95. The Balaban J connectivity index is 2.63. The van der Waals surface area contributed by atoms with Gasteiger partial charge in [0.1, 0.15) is 0 Å². The van der Waals surface area contributed by atoms with Crippen molar-refractivity contribution in [3.05, 3.63) is 52.1 Å². The molecule has 0 amide bonds. The lowest BCUT2D eigenvalue weighted by molar-refractivity contribution is -0.385. The van der Waals surface area contributed by atoms with Crippen molar-refractivity contribution < 1.29 is 14.4 Å². The normalized spacial score (nSPS) is 10.2. The van der Waals surface area contributed by atoms with E-state index in [0.29, 0.717) is 17.1 Å². The van der Waals surface area contributed by atoms with Crippen LogP contribution in [0.2, 0.25) is 0 Å². The lowest BCUT2D eigenvalue weighted by Gasteiger charge is -2.12. The first-order valence-electron chi connectivity index (χ1n) is 6.05. The van der Waals surface area contributed by atoms with Crippen LogP contribution in [0.1, 0.15) is 5.56 Å². The van der Waals surface area contributed by atoms with E-state index >= 15 is 0 Å². The summed E-state index contributed by atoms with van der Waals surface area (Å²) in [5.74, 6) is 1.15. The Kier molecular flexibility index (Phi) is 3.89. The monoisotopic (exact) mass is 273 g/mol. The third kappa shape index (κ3) is 2.42. The summed E-state index contributed by atoms with van der Waals surface area (Å²) in [4.78, 5) is 10.6. The molecule has 2 rings (SSSR count). The van der Waals surface area contributed by atoms with Gasteiger partial charge in [-0.25, -0.2) is 0 Å².